The molecule has 0 spiro atoms. The largest absolute Gasteiger partial charge is 0.488 e. The lowest BCUT2D eigenvalue weighted by Crippen LogP contribution is -2.30. The fourth-order valence-corrected chi connectivity index (χ4v) is 4.81. The molecule has 41 heavy (non-hydrogen) atoms. The lowest BCUT2D eigenvalue weighted by atomic mass is 10.0. The van der Waals surface area contributed by atoms with E-state index >= 15 is 0 Å². The molecule has 0 fully saturated rings. The molecule has 3 aromatic rings. The predicted octanol–water partition coefficient (Wildman–Crippen LogP) is 6.13. The maximum atomic E-state index is 12.2. The summed E-state index contributed by atoms with van der Waals surface area (Å²) < 4.78 is 34.4. The molecule has 0 aromatic heterocycles. The third-order valence-electron chi connectivity index (χ3n) is 5.98. The Morgan fingerprint density at radius 3 is 1.63 bits per heavy atom. The lowest BCUT2D eigenvalue weighted by molar-refractivity contribution is -0.149. The van der Waals surface area contributed by atoms with Crippen LogP contribution < -0.4 is 9.47 Å². The van der Waals surface area contributed by atoms with Crippen LogP contribution in [0.2, 0.25) is 0 Å². The SMILES string of the molecule is C=C(C)C(=O)OC(COC)COc1c2ccccc2c(OCC(COC)OC(=O)C(=C)C)c2cc(SCC)ccc12. The molecule has 2 unspecified atom stereocenters. The van der Waals surface area contributed by atoms with Crippen molar-refractivity contribution in [3.8, 4) is 11.5 Å². The van der Waals surface area contributed by atoms with Gasteiger partial charge in [-0.05, 0) is 37.8 Å². The average molecular weight is 583 g/mol. The second-order valence-corrected chi connectivity index (χ2v) is 10.8. The van der Waals surface area contributed by atoms with Crippen LogP contribution in [-0.4, -0.2) is 70.5 Å². The van der Waals surface area contributed by atoms with Gasteiger partial charge in [-0.2, -0.15) is 0 Å². The summed E-state index contributed by atoms with van der Waals surface area (Å²) in [5.41, 5.74) is 0.593. The Morgan fingerprint density at radius 2 is 1.20 bits per heavy atom. The zero-order valence-electron chi connectivity index (χ0n) is 24.3. The smallest absolute Gasteiger partial charge is 0.333 e. The highest BCUT2D eigenvalue weighted by atomic mass is 32.2. The fourth-order valence-electron chi connectivity index (χ4n) is 4.11. The monoisotopic (exact) mass is 582 g/mol. The molecule has 220 valence electrons. The van der Waals surface area contributed by atoms with Crippen molar-refractivity contribution in [1.82, 2.24) is 0 Å². The Labute approximate surface area is 245 Å². The third-order valence-corrected chi connectivity index (χ3v) is 6.86. The lowest BCUT2D eigenvalue weighted by Gasteiger charge is -2.23. The van der Waals surface area contributed by atoms with Gasteiger partial charge in [-0.1, -0.05) is 44.3 Å². The van der Waals surface area contributed by atoms with Gasteiger partial charge < -0.3 is 28.4 Å². The molecule has 0 saturated heterocycles. The van der Waals surface area contributed by atoms with Crippen molar-refractivity contribution in [1.29, 1.82) is 0 Å². The fraction of sp³-hybridized carbons (Fsp3) is 0.375. The van der Waals surface area contributed by atoms with E-state index in [-0.39, 0.29) is 26.4 Å². The van der Waals surface area contributed by atoms with Crippen LogP contribution in [0.4, 0.5) is 0 Å². The summed E-state index contributed by atoms with van der Waals surface area (Å²) in [7, 11) is 3.08. The quantitative estimate of drug-likeness (QED) is 0.0856. The van der Waals surface area contributed by atoms with Crippen LogP contribution in [-0.2, 0) is 28.5 Å². The van der Waals surface area contributed by atoms with Gasteiger partial charge in [0.25, 0.3) is 0 Å². The van der Waals surface area contributed by atoms with E-state index in [4.69, 9.17) is 28.4 Å². The van der Waals surface area contributed by atoms with Gasteiger partial charge in [0, 0.05) is 51.8 Å². The van der Waals surface area contributed by atoms with E-state index in [1.165, 1.54) is 14.2 Å². The number of hydrogen-bond acceptors (Lipinski definition) is 9. The zero-order valence-corrected chi connectivity index (χ0v) is 25.1. The maximum Gasteiger partial charge on any atom is 0.333 e. The molecule has 0 radical (unpaired) electrons. The number of benzene rings is 3. The first-order valence-corrected chi connectivity index (χ1v) is 14.3. The highest BCUT2D eigenvalue weighted by molar-refractivity contribution is 7.99. The molecule has 2 atom stereocenters. The van der Waals surface area contributed by atoms with Gasteiger partial charge in [-0.3, -0.25) is 0 Å². The first-order chi connectivity index (χ1) is 19.7. The topological polar surface area (TPSA) is 89.5 Å². The van der Waals surface area contributed by atoms with Gasteiger partial charge in [-0.25, -0.2) is 9.59 Å². The van der Waals surface area contributed by atoms with Crippen molar-refractivity contribution in [2.75, 3.05) is 46.4 Å². The van der Waals surface area contributed by atoms with Crippen LogP contribution in [0, 0.1) is 0 Å². The predicted molar refractivity (Wildman–Crippen MR) is 162 cm³/mol. The Kier molecular flexibility index (Phi) is 12.1. The van der Waals surface area contributed by atoms with E-state index in [1.807, 2.05) is 36.4 Å². The first-order valence-electron chi connectivity index (χ1n) is 13.3. The van der Waals surface area contributed by atoms with E-state index in [0.29, 0.717) is 22.6 Å². The van der Waals surface area contributed by atoms with Crippen molar-refractivity contribution < 1.29 is 38.0 Å². The molecule has 3 aromatic carbocycles. The van der Waals surface area contributed by atoms with Crippen LogP contribution in [0.1, 0.15) is 20.8 Å². The number of rotatable bonds is 16. The minimum Gasteiger partial charge on any atom is -0.488 e. The minimum absolute atomic E-state index is 0.0735. The molecule has 0 aliphatic carbocycles. The van der Waals surface area contributed by atoms with E-state index in [9.17, 15) is 9.59 Å². The summed E-state index contributed by atoms with van der Waals surface area (Å²) in [5, 5.41) is 3.29. The number of thioether (sulfide) groups is 1. The summed E-state index contributed by atoms with van der Waals surface area (Å²) >= 11 is 1.71. The van der Waals surface area contributed by atoms with Crippen molar-refractivity contribution in [3.63, 3.8) is 0 Å². The normalized spacial score (nSPS) is 12.5. The van der Waals surface area contributed by atoms with Crippen molar-refractivity contribution >= 4 is 45.2 Å². The molecular formula is C32H38O8S. The first kappa shape index (κ1) is 32.0. The summed E-state index contributed by atoms with van der Waals surface area (Å²) in [6.45, 7) is 13.1. The molecule has 0 saturated carbocycles. The van der Waals surface area contributed by atoms with Crippen LogP contribution >= 0.6 is 11.8 Å². The van der Waals surface area contributed by atoms with Crippen molar-refractivity contribution in [2.45, 2.75) is 37.9 Å². The highest BCUT2D eigenvalue weighted by Crippen LogP contribution is 2.44. The molecule has 0 amide bonds. The van der Waals surface area contributed by atoms with Crippen molar-refractivity contribution in [2.24, 2.45) is 0 Å². The summed E-state index contributed by atoms with van der Waals surface area (Å²) in [6.07, 6.45) is -1.28. The van der Waals surface area contributed by atoms with E-state index < -0.39 is 24.1 Å². The average Bonchev–Trinajstić information content (AvgIpc) is 2.94. The number of fused-ring (bicyclic) bond motifs is 2. The third kappa shape index (κ3) is 8.48. The summed E-state index contributed by atoms with van der Waals surface area (Å²) in [4.78, 5) is 25.5. The summed E-state index contributed by atoms with van der Waals surface area (Å²) in [6, 6.07) is 13.9. The molecule has 0 N–H and O–H groups in total. The Morgan fingerprint density at radius 1 is 0.732 bits per heavy atom. The second-order valence-electron chi connectivity index (χ2n) is 9.49. The molecule has 0 bridgehead atoms. The van der Waals surface area contributed by atoms with Crippen LogP contribution in [0.15, 0.2) is 71.7 Å². The van der Waals surface area contributed by atoms with E-state index in [0.717, 1.165) is 32.2 Å². The highest BCUT2D eigenvalue weighted by Gasteiger charge is 2.22. The molecule has 8 nitrogen and oxygen atoms in total. The maximum absolute atomic E-state index is 12.2. The Balaban J connectivity index is 2.07. The molecule has 0 heterocycles. The van der Waals surface area contributed by atoms with Gasteiger partial charge in [-0.15, -0.1) is 11.8 Å². The van der Waals surface area contributed by atoms with Crippen LogP contribution in [0.25, 0.3) is 21.5 Å². The van der Waals surface area contributed by atoms with Crippen molar-refractivity contribution in [3.05, 3.63) is 66.8 Å². The number of methoxy groups -OCH3 is 2. The van der Waals surface area contributed by atoms with Gasteiger partial charge >= 0.3 is 11.9 Å². The zero-order chi connectivity index (χ0) is 29.9. The molecular weight excluding hydrogens is 544 g/mol. The molecule has 0 aliphatic heterocycles. The molecule has 3 rings (SSSR count). The van der Waals surface area contributed by atoms with Crippen LogP contribution in [0.5, 0.6) is 11.5 Å². The molecule has 0 aliphatic rings. The molecule has 9 heteroatoms. The van der Waals surface area contributed by atoms with Gasteiger partial charge in [0.05, 0.1) is 13.2 Å². The second kappa shape index (κ2) is 15.5. The standard InChI is InChI=1S/C32H38O8S/c1-8-41-24-13-14-27-28(15-24)30(38-19-23(17-36-7)40-32(34)21(4)5)26-12-10-9-11-25(26)29(27)37-18-22(16-35-6)39-31(33)20(2)3/h9-15,22-23H,2,4,8,16-19H2,1,3,5-7H3. The number of ether oxygens (including phenoxy) is 6. The number of carbonyl (C=O) groups excluding carboxylic acids is 2. The Bertz CT molecular complexity index is 1400. The van der Waals surface area contributed by atoms with E-state index in [2.05, 4.69) is 26.1 Å². The number of hydrogen-bond donors (Lipinski definition) is 0. The summed E-state index contributed by atoms with van der Waals surface area (Å²) in [5.74, 6) is 1.15. The van der Waals surface area contributed by atoms with Gasteiger partial charge in [0.15, 0.2) is 12.2 Å². The number of carbonyl (C=O) groups is 2. The van der Waals surface area contributed by atoms with E-state index in [1.54, 1.807) is 25.6 Å². The minimum atomic E-state index is -0.639. The number of esters is 2. The van der Waals surface area contributed by atoms with Crippen LogP contribution in [0.3, 0.4) is 0 Å². The Hall–Kier alpha value is -3.53. The van der Waals surface area contributed by atoms with Gasteiger partial charge in [0.1, 0.15) is 24.7 Å². The van der Waals surface area contributed by atoms with Gasteiger partial charge in [0.2, 0.25) is 0 Å².